The average molecular weight is 582 g/mol. The average Bonchev–Trinajstić information content (AvgIpc) is 3.03. The second-order valence-electron chi connectivity index (χ2n) is 9.51. The highest BCUT2D eigenvalue weighted by molar-refractivity contribution is 7.84. The van der Waals surface area contributed by atoms with Gasteiger partial charge in [-0.3, -0.25) is 0 Å². The Morgan fingerprint density at radius 1 is 0.881 bits per heavy atom. The van der Waals surface area contributed by atoms with Crippen LogP contribution >= 0.6 is 12.6 Å². The van der Waals surface area contributed by atoms with Gasteiger partial charge in [0, 0.05) is 31.2 Å². The number of benzene rings is 3. The molecule has 0 spiro atoms. The summed E-state index contributed by atoms with van der Waals surface area (Å²) in [5, 5.41) is 6.73. The van der Waals surface area contributed by atoms with Gasteiger partial charge in [-0.05, 0) is 66.8 Å². The number of aryl methyl sites for hydroxylation is 2. The SMILES string of the molecule is C=C/C(S)=C1/C=C(c2ccccc2C)C=C(NCc2ccc(NC)cc2)N1C.C=CCCC.CC.Cc1ccccc1. The lowest BCUT2D eigenvalue weighted by atomic mass is 9.97. The van der Waals surface area contributed by atoms with Crippen LogP contribution in [0.25, 0.3) is 5.57 Å². The maximum absolute atomic E-state index is 4.63. The van der Waals surface area contributed by atoms with Crippen LogP contribution in [-0.2, 0) is 6.54 Å². The Balaban J connectivity index is 0.000000520. The molecule has 0 saturated heterocycles. The first kappa shape index (κ1) is 36.1. The van der Waals surface area contributed by atoms with E-state index in [4.69, 9.17) is 0 Å². The highest BCUT2D eigenvalue weighted by atomic mass is 32.1. The van der Waals surface area contributed by atoms with Crippen molar-refractivity contribution in [2.45, 2.75) is 54.0 Å². The van der Waals surface area contributed by atoms with Crippen LogP contribution in [0.4, 0.5) is 5.69 Å². The molecule has 1 heterocycles. The Morgan fingerprint density at radius 2 is 1.50 bits per heavy atom. The van der Waals surface area contributed by atoms with Gasteiger partial charge < -0.3 is 15.5 Å². The van der Waals surface area contributed by atoms with Crippen LogP contribution in [0.15, 0.2) is 133 Å². The van der Waals surface area contributed by atoms with Crippen LogP contribution in [0.2, 0.25) is 0 Å². The molecule has 0 fully saturated rings. The first-order valence-electron chi connectivity index (χ1n) is 14.8. The molecule has 4 heteroatoms. The predicted molar refractivity (Wildman–Crippen MR) is 192 cm³/mol. The monoisotopic (exact) mass is 581 g/mol. The Morgan fingerprint density at radius 3 is 1.98 bits per heavy atom. The summed E-state index contributed by atoms with van der Waals surface area (Å²) in [5.74, 6) is 1.03. The van der Waals surface area contributed by atoms with E-state index in [-0.39, 0.29) is 0 Å². The number of unbranched alkanes of at least 4 members (excludes halogenated alkanes) is 1. The second kappa shape index (κ2) is 20.9. The van der Waals surface area contributed by atoms with Gasteiger partial charge in [-0.15, -0.1) is 19.2 Å². The third kappa shape index (κ3) is 12.3. The Labute approximate surface area is 261 Å². The second-order valence-corrected chi connectivity index (χ2v) is 9.99. The van der Waals surface area contributed by atoms with Gasteiger partial charge in [0.1, 0.15) is 5.82 Å². The minimum absolute atomic E-state index is 0.741. The lowest BCUT2D eigenvalue weighted by Crippen LogP contribution is -2.30. The third-order valence-corrected chi connectivity index (χ3v) is 6.78. The molecular formula is C38H51N3S. The van der Waals surface area contributed by atoms with Crippen molar-refractivity contribution in [1.82, 2.24) is 10.2 Å². The molecule has 3 nitrogen and oxygen atoms in total. The van der Waals surface area contributed by atoms with Crippen LogP contribution in [0.3, 0.4) is 0 Å². The number of nitrogens with zero attached hydrogens (tertiary/aromatic N) is 1. The molecule has 1 aliphatic rings. The van der Waals surface area contributed by atoms with Gasteiger partial charge in [-0.1, -0.05) is 118 Å². The van der Waals surface area contributed by atoms with Crippen molar-refractivity contribution in [3.8, 4) is 0 Å². The summed E-state index contributed by atoms with van der Waals surface area (Å²) in [4.78, 5) is 2.97. The maximum atomic E-state index is 4.63. The summed E-state index contributed by atoms with van der Waals surface area (Å²) in [5.41, 5.74) is 8.30. The summed E-state index contributed by atoms with van der Waals surface area (Å²) in [6.07, 6.45) is 10.4. The molecule has 3 aromatic carbocycles. The zero-order valence-corrected chi connectivity index (χ0v) is 27.6. The minimum atomic E-state index is 0.741. The molecule has 3 aromatic rings. The molecule has 4 rings (SSSR count). The summed E-state index contributed by atoms with van der Waals surface area (Å²) in [7, 11) is 3.97. The van der Waals surface area contributed by atoms with Crippen LogP contribution in [-0.4, -0.2) is 19.0 Å². The van der Waals surface area contributed by atoms with Crippen molar-refractivity contribution in [2.24, 2.45) is 0 Å². The zero-order chi connectivity index (χ0) is 31.3. The molecule has 0 saturated carbocycles. The van der Waals surface area contributed by atoms with Crippen LogP contribution in [0.1, 0.15) is 55.9 Å². The molecule has 0 bridgehead atoms. The number of thiol groups is 1. The molecule has 1 aliphatic heterocycles. The number of rotatable bonds is 8. The van der Waals surface area contributed by atoms with Crippen molar-refractivity contribution in [2.75, 3.05) is 19.4 Å². The number of hydrogen-bond donors (Lipinski definition) is 3. The third-order valence-electron chi connectivity index (χ3n) is 6.37. The largest absolute Gasteiger partial charge is 0.388 e. The molecule has 224 valence electrons. The maximum Gasteiger partial charge on any atom is 0.106 e. The summed E-state index contributed by atoms with van der Waals surface area (Å²) in [6.45, 7) is 18.5. The van der Waals surface area contributed by atoms with E-state index in [2.05, 4.69) is 135 Å². The highest BCUT2D eigenvalue weighted by Crippen LogP contribution is 2.31. The summed E-state index contributed by atoms with van der Waals surface area (Å²) in [6, 6.07) is 27.1. The summed E-state index contributed by atoms with van der Waals surface area (Å²) >= 11 is 4.63. The van der Waals surface area contributed by atoms with Crippen molar-refractivity contribution < 1.29 is 0 Å². The van der Waals surface area contributed by atoms with Crippen molar-refractivity contribution >= 4 is 23.9 Å². The topological polar surface area (TPSA) is 27.3 Å². The molecule has 0 radical (unpaired) electrons. The lowest BCUT2D eigenvalue weighted by molar-refractivity contribution is 0.475. The zero-order valence-electron chi connectivity index (χ0n) is 26.7. The van der Waals surface area contributed by atoms with E-state index in [1.54, 1.807) is 6.08 Å². The normalized spacial score (nSPS) is 12.8. The standard InChI is InChI=1S/C24H27N3S.C7H8.C5H10.C2H6/c1-5-23(28)22-14-19(21-9-7-6-8-17(21)2)15-24(27(22)4)26-16-18-10-12-20(25-3)13-11-18;1-7-5-3-2-4-6-7;1-3-5-4-2;1-2/h5-15,25-26,28H,1,16H2,2-4H3;2-6H,1H3;3H,1,4-5H2,2H3;1-2H3/b23-22+;;;. The number of hydrogen-bond acceptors (Lipinski definition) is 4. The fraction of sp³-hybridized carbons (Fsp3) is 0.263. The van der Waals surface area contributed by atoms with E-state index >= 15 is 0 Å². The molecule has 0 unspecified atom stereocenters. The van der Waals surface area contributed by atoms with Crippen LogP contribution in [0.5, 0.6) is 0 Å². The highest BCUT2D eigenvalue weighted by Gasteiger charge is 2.18. The van der Waals surface area contributed by atoms with Crippen molar-refractivity contribution in [1.29, 1.82) is 0 Å². The quantitative estimate of drug-likeness (QED) is 0.182. The number of likely N-dealkylation sites (N-methyl/N-ethyl adjacent to an activating group) is 1. The molecule has 2 N–H and O–H groups in total. The number of nitrogens with one attached hydrogen (secondary N) is 2. The van der Waals surface area contributed by atoms with Gasteiger partial charge in [-0.25, -0.2) is 0 Å². The Hall–Kier alpha value is -3.89. The van der Waals surface area contributed by atoms with E-state index < -0.39 is 0 Å². The number of anilines is 1. The molecule has 0 amide bonds. The first-order chi connectivity index (χ1) is 20.3. The molecular weight excluding hydrogens is 531 g/mol. The fourth-order valence-corrected chi connectivity index (χ4v) is 4.17. The van der Waals surface area contributed by atoms with Crippen LogP contribution < -0.4 is 10.6 Å². The van der Waals surface area contributed by atoms with E-state index in [9.17, 15) is 0 Å². The Kier molecular flexibility index (Phi) is 18.0. The van der Waals surface area contributed by atoms with E-state index in [1.807, 2.05) is 52.2 Å². The van der Waals surface area contributed by atoms with E-state index in [1.165, 1.54) is 28.7 Å². The van der Waals surface area contributed by atoms with E-state index in [0.29, 0.717) is 0 Å². The van der Waals surface area contributed by atoms with E-state index in [0.717, 1.165) is 40.6 Å². The fourth-order valence-electron chi connectivity index (χ4n) is 3.95. The first-order valence-corrected chi connectivity index (χ1v) is 15.2. The number of allylic oxidation sites excluding steroid dienone is 5. The van der Waals surface area contributed by atoms with Gasteiger partial charge in [0.05, 0.1) is 5.70 Å². The van der Waals surface area contributed by atoms with Gasteiger partial charge >= 0.3 is 0 Å². The van der Waals surface area contributed by atoms with Gasteiger partial charge in [0.2, 0.25) is 0 Å². The van der Waals surface area contributed by atoms with Crippen molar-refractivity contribution in [3.63, 3.8) is 0 Å². The minimum Gasteiger partial charge on any atom is -0.388 e. The molecule has 42 heavy (non-hydrogen) atoms. The van der Waals surface area contributed by atoms with Gasteiger partial charge in [-0.2, -0.15) is 0 Å². The Bertz CT molecular complexity index is 1300. The molecule has 0 aliphatic carbocycles. The van der Waals surface area contributed by atoms with Gasteiger partial charge in [0.15, 0.2) is 0 Å². The van der Waals surface area contributed by atoms with Gasteiger partial charge in [0.25, 0.3) is 0 Å². The summed E-state index contributed by atoms with van der Waals surface area (Å²) < 4.78 is 0. The predicted octanol–water partition coefficient (Wildman–Crippen LogP) is 10.3. The molecule has 0 aromatic heterocycles. The molecule has 0 atom stereocenters. The lowest BCUT2D eigenvalue weighted by Gasteiger charge is -2.30. The smallest absolute Gasteiger partial charge is 0.106 e. The van der Waals surface area contributed by atoms with Crippen LogP contribution in [0, 0.1) is 13.8 Å². The van der Waals surface area contributed by atoms with Crippen molar-refractivity contribution in [3.05, 3.63) is 155 Å².